The van der Waals surface area contributed by atoms with Gasteiger partial charge in [-0.15, -0.1) is 0 Å². The zero-order chi connectivity index (χ0) is 15.5. The summed E-state index contributed by atoms with van der Waals surface area (Å²) in [5, 5.41) is 4.24. The summed E-state index contributed by atoms with van der Waals surface area (Å²) in [6.07, 6.45) is 7.44. The van der Waals surface area contributed by atoms with E-state index in [-0.39, 0.29) is 11.9 Å². The Kier molecular flexibility index (Phi) is 4.09. The molecule has 1 aliphatic rings. The van der Waals surface area contributed by atoms with Crippen LogP contribution < -0.4 is 4.90 Å². The van der Waals surface area contributed by atoms with Gasteiger partial charge in [0.15, 0.2) is 0 Å². The molecule has 1 aliphatic heterocycles. The summed E-state index contributed by atoms with van der Waals surface area (Å²) in [6.45, 7) is 1.56. The lowest BCUT2D eigenvalue weighted by molar-refractivity contribution is 0.0721. The van der Waals surface area contributed by atoms with E-state index in [1.54, 1.807) is 12.4 Å². The Morgan fingerprint density at radius 2 is 2.27 bits per heavy atom. The second-order valence-electron chi connectivity index (χ2n) is 5.82. The molecule has 6 nitrogen and oxygen atoms in total. The normalized spacial score (nSPS) is 17.7. The van der Waals surface area contributed by atoms with Crippen LogP contribution in [0, 0.1) is 0 Å². The summed E-state index contributed by atoms with van der Waals surface area (Å²) in [7, 11) is 3.87. The van der Waals surface area contributed by atoms with E-state index in [0.29, 0.717) is 5.56 Å². The van der Waals surface area contributed by atoms with Gasteiger partial charge in [0.2, 0.25) is 0 Å². The van der Waals surface area contributed by atoms with Crippen LogP contribution in [-0.2, 0) is 6.54 Å². The molecule has 0 saturated carbocycles. The van der Waals surface area contributed by atoms with Gasteiger partial charge >= 0.3 is 0 Å². The van der Waals surface area contributed by atoms with Crippen LogP contribution >= 0.6 is 0 Å². The third kappa shape index (κ3) is 2.95. The Hall–Kier alpha value is -2.37. The highest BCUT2D eigenvalue weighted by molar-refractivity contribution is 5.94. The quantitative estimate of drug-likeness (QED) is 0.861. The second-order valence-corrected chi connectivity index (χ2v) is 5.82. The zero-order valence-electron chi connectivity index (χ0n) is 13.0. The number of anilines is 1. The standard InChI is InChI=1S/C16H21N5O/c1-19(2)15-7-6-13(11-17-15)16(22)21-10-3-5-14(21)12-20-9-4-8-18-20/h4,6-9,11,14H,3,5,10,12H2,1-2H3. The number of hydrogen-bond acceptors (Lipinski definition) is 4. The van der Waals surface area contributed by atoms with Crippen LogP contribution in [0.2, 0.25) is 0 Å². The largest absolute Gasteiger partial charge is 0.363 e. The molecule has 1 unspecified atom stereocenters. The fraction of sp³-hybridized carbons (Fsp3) is 0.438. The Balaban J connectivity index is 1.72. The van der Waals surface area contributed by atoms with Crippen LogP contribution in [0.3, 0.4) is 0 Å². The highest BCUT2D eigenvalue weighted by Crippen LogP contribution is 2.21. The Morgan fingerprint density at radius 3 is 2.91 bits per heavy atom. The lowest BCUT2D eigenvalue weighted by Gasteiger charge is -2.25. The minimum Gasteiger partial charge on any atom is -0.363 e. The average Bonchev–Trinajstić information content (AvgIpc) is 3.19. The summed E-state index contributed by atoms with van der Waals surface area (Å²) < 4.78 is 1.89. The van der Waals surface area contributed by atoms with Crippen molar-refractivity contribution in [2.75, 3.05) is 25.5 Å². The molecule has 0 radical (unpaired) electrons. The maximum Gasteiger partial charge on any atom is 0.255 e. The highest BCUT2D eigenvalue weighted by atomic mass is 16.2. The molecule has 2 aromatic rings. The van der Waals surface area contributed by atoms with Crippen molar-refractivity contribution in [3.63, 3.8) is 0 Å². The van der Waals surface area contributed by atoms with Gasteiger partial charge in [-0.05, 0) is 31.0 Å². The van der Waals surface area contributed by atoms with Gasteiger partial charge < -0.3 is 9.80 Å². The number of aromatic nitrogens is 3. The van der Waals surface area contributed by atoms with Gasteiger partial charge in [-0.25, -0.2) is 4.98 Å². The summed E-state index contributed by atoms with van der Waals surface area (Å²) >= 11 is 0. The fourth-order valence-electron chi connectivity index (χ4n) is 2.86. The zero-order valence-corrected chi connectivity index (χ0v) is 13.0. The van der Waals surface area contributed by atoms with Crippen LogP contribution in [0.1, 0.15) is 23.2 Å². The predicted octanol–water partition coefficient (Wildman–Crippen LogP) is 1.65. The van der Waals surface area contributed by atoms with Crippen molar-refractivity contribution in [2.24, 2.45) is 0 Å². The molecule has 0 aliphatic carbocycles. The van der Waals surface area contributed by atoms with E-state index in [9.17, 15) is 4.79 Å². The van der Waals surface area contributed by atoms with Crippen molar-refractivity contribution >= 4 is 11.7 Å². The smallest absolute Gasteiger partial charge is 0.255 e. The summed E-state index contributed by atoms with van der Waals surface area (Å²) in [5.41, 5.74) is 0.651. The third-order valence-electron chi connectivity index (χ3n) is 4.05. The predicted molar refractivity (Wildman–Crippen MR) is 84.8 cm³/mol. The number of carbonyl (C=O) groups excluding carboxylic acids is 1. The highest BCUT2D eigenvalue weighted by Gasteiger charge is 2.29. The van der Waals surface area contributed by atoms with E-state index in [1.807, 2.05) is 53.0 Å². The molecule has 0 bridgehead atoms. The molecule has 1 fully saturated rings. The lowest BCUT2D eigenvalue weighted by atomic mass is 10.2. The molecular formula is C16H21N5O. The van der Waals surface area contributed by atoms with Crippen molar-refractivity contribution < 1.29 is 4.79 Å². The summed E-state index contributed by atoms with van der Waals surface area (Å²) in [6, 6.07) is 5.85. The number of hydrogen-bond donors (Lipinski definition) is 0. The first-order valence-corrected chi connectivity index (χ1v) is 7.57. The van der Waals surface area contributed by atoms with E-state index in [4.69, 9.17) is 0 Å². The molecule has 22 heavy (non-hydrogen) atoms. The molecule has 2 aromatic heterocycles. The van der Waals surface area contributed by atoms with Gasteiger partial charge in [0.05, 0.1) is 18.2 Å². The number of nitrogens with zero attached hydrogens (tertiary/aromatic N) is 5. The molecule has 1 atom stereocenters. The Bertz CT molecular complexity index is 620. The molecule has 3 rings (SSSR count). The van der Waals surface area contributed by atoms with Gasteiger partial charge in [-0.3, -0.25) is 9.48 Å². The number of amides is 1. The maximum absolute atomic E-state index is 12.7. The molecule has 6 heteroatoms. The minimum atomic E-state index is 0.0625. The van der Waals surface area contributed by atoms with E-state index in [1.165, 1.54) is 0 Å². The van der Waals surface area contributed by atoms with Crippen molar-refractivity contribution in [1.82, 2.24) is 19.7 Å². The average molecular weight is 299 g/mol. The summed E-state index contributed by atoms with van der Waals surface area (Å²) in [4.78, 5) is 20.9. The van der Waals surface area contributed by atoms with Gasteiger partial charge in [0.1, 0.15) is 5.82 Å². The van der Waals surface area contributed by atoms with Gasteiger partial charge in [-0.1, -0.05) is 0 Å². The van der Waals surface area contributed by atoms with Crippen molar-refractivity contribution in [3.8, 4) is 0 Å². The molecular weight excluding hydrogens is 278 g/mol. The Morgan fingerprint density at radius 1 is 1.41 bits per heavy atom. The SMILES string of the molecule is CN(C)c1ccc(C(=O)N2CCCC2Cn2cccn2)cn1. The maximum atomic E-state index is 12.7. The van der Waals surface area contributed by atoms with Crippen molar-refractivity contribution in [3.05, 3.63) is 42.4 Å². The van der Waals surface area contributed by atoms with E-state index < -0.39 is 0 Å². The van der Waals surface area contributed by atoms with E-state index in [2.05, 4.69) is 10.1 Å². The minimum absolute atomic E-state index is 0.0625. The van der Waals surface area contributed by atoms with Gasteiger partial charge in [0, 0.05) is 39.2 Å². The molecule has 116 valence electrons. The topological polar surface area (TPSA) is 54.3 Å². The van der Waals surface area contributed by atoms with Crippen LogP contribution in [0.5, 0.6) is 0 Å². The molecule has 1 amide bonds. The first kappa shape index (κ1) is 14.6. The number of pyridine rings is 1. The third-order valence-corrected chi connectivity index (χ3v) is 4.05. The molecule has 0 aromatic carbocycles. The second kappa shape index (κ2) is 6.17. The van der Waals surface area contributed by atoms with Gasteiger partial charge in [-0.2, -0.15) is 5.10 Å². The first-order valence-electron chi connectivity index (χ1n) is 7.57. The lowest BCUT2D eigenvalue weighted by Crippen LogP contribution is -2.38. The Labute approximate surface area is 130 Å². The molecule has 3 heterocycles. The van der Waals surface area contributed by atoms with Crippen LogP contribution in [0.4, 0.5) is 5.82 Å². The van der Waals surface area contributed by atoms with Crippen LogP contribution in [0.25, 0.3) is 0 Å². The van der Waals surface area contributed by atoms with Crippen LogP contribution in [-0.4, -0.2) is 52.3 Å². The molecule has 0 spiro atoms. The number of rotatable bonds is 4. The monoisotopic (exact) mass is 299 g/mol. The molecule has 1 saturated heterocycles. The summed E-state index contributed by atoms with van der Waals surface area (Å²) in [5.74, 6) is 0.915. The number of carbonyl (C=O) groups is 1. The van der Waals surface area contributed by atoms with E-state index in [0.717, 1.165) is 31.7 Å². The van der Waals surface area contributed by atoms with Crippen molar-refractivity contribution in [2.45, 2.75) is 25.4 Å². The van der Waals surface area contributed by atoms with Gasteiger partial charge in [0.25, 0.3) is 5.91 Å². The van der Waals surface area contributed by atoms with Crippen molar-refractivity contribution in [1.29, 1.82) is 0 Å². The first-order chi connectivity index (χ1) is 10.6. The van der Waals surface area contributed by atoms with E-state index >= 15 is 0 Å². The fourth-order valence-corrected chi connectivity index (χ4v) is 2.86. The molecule has 0 N–H and O–H groups in total. The van der Waals surface area contributed by atoms with Crippen LogP contribution in [0.15, 0.2) is 36.8 Å². The number of likely N-dealkylation sites (tertiary alicyclic amines) is 1.